The van der Waals surface area contributed by atoms with Gasteiger partial charge in [0.05, 0.1) is 12.6 Å². The number of methoxy groups -OCH3 is 1. The van der Waals surface area contributed by atoms with Gasteiger partial charge in [-0.05, 0) is 65.8 Å². The maximum atomic E-state index is 6.32. The van der Waals surface area contributed by atoms with Crippen molar-refractivity contribution in [2.45, 2.75) is 19.8 Å². The number of ether oxygens (including phenoxy) is 2. The first-order valence-electron chi connectivity index (χ1n) is 12.7. The van der Waals surface area contributed by atoms with Crippen molar-refractivity contribution in [3.05, 3.63) is 98.7 Å². The highest BCUT2D eigenvalue weighted by Gasteiger charge is 2.25. The van der Waals surface area contributed by atoms with Crippen LogP contribution in [0.2, 0.25) is 0 Å². The number of fused-ring (bicyclic) bond motifs is 2. The molecule has 0 saturated heterocycles. The van der Waals surface area contributed by atoms with E-state index in [1.807, 2.05) is 12.1 Å². The zero-order valence-corrected chi connectivity index (χ0v) is 23.8. The summed E-state index contributed by atoms with van der Waals surface area (Å²) in [5.41, 5.74) is 3.18. The predicted molar refractivity (Wildman–Crippen MR) is 158 cm³/mol. The summed E-state index contributed by atoms with van der Waals surface area (Å²) < 4.78 is 13.2. The molecule has 0 bridgehead atoms. The van der Waals surface area contributed by atoms with E-state index in [9.17, 15) is 0 Å². The number of benzene rings is 3. The molecule has 0 amide bonds. The lowest BCUT2D eigenvalue weighted by Gasteiger charge is -2.23. The smallest absolute Gasteiger partial charge is 0.217 e. The van der Waals surface area contributed by atoms with Crippen molar-refractivity contribution >= 4 is 48.9 Å². The minimum atomic E-state index is -0.0274. The number of pyridine rings is 1. The molecule has 3 aromatic carbocycles. The second kappa shape index (κ2) is 11.6. The van der Waals surface area contributed by atoms with Gasteiger partial charge in [0.15, 0.2) is 0 Å². The molecule has 0 saturated carbocycles. The monoisotopic (exact) mass is 574 g/mol. The topological polar surface area (TPSA) is 34.6 Å². The second-order valence-corrected chi connectivity index (χ2v) is 10.8. The second-order valence-electron chi connectivity index (χ2n) is 8.95. The molecule has 6 heteroatoms. The Balaban J connectivity index is 1.64. The van der Waals surface area contributed by atoms with Crippen LogP contribution in [0.4, 0.5) is 0 Å². The molecule has 0 aliphatic rings. The lowest BCUT2D eigenvalue weighted by Crippen LogP contribution is -2.27. The standard InChI is InChI=1S/C31H31BrN2O2S/c1-4-34(5-2)16-17-36-28-15-13-25(23-9-6-7-10-24(23)28)30(29-11-8-18-37-29)26-20-21-19-22(32)12-14-27(21)33-31(26)35-3/h6-15,18-20,30H,4-5,16-17H2,1-3H3. The van der Waals surface area contributed by atoms with Crippen LogP contribution in [0, 0.1) is 0 Å². The third-order valence-corrected chi connectivity index (χ3v) is 8.32. The first-order chi connectivity index (χ1) is 18.1. The average Bonchev–Trinajstić information content (AvgIpc) is 3.46. The van der Waals surface area contributed by atoms with Crippen LogP contribution in [-0.2, 0) is 0 Å². The van der Waals surface area contributed by atoms with Crippen molar-refractivity contribution in [3.8, 4) is 11.6 Å². The fraction of sp³-hybridized carbons (Fsp3) is 0.258. The van der Waals surface area contributed by atoms with Crippen LogP contribution in [0.5, 0.6) is 11.6 Å². The van der Waals surface area contributed by atoms with E-state index < -0.39 is 0 Å². The molecule has 0 fully saturated rings. The summed E-state index contributed by atoms with van der Waals surface area (Å²) in [6.45, 7) is 8.01. The van der Waals surface area contributed by atoms with Crippen molar-refractivity contribution in [2.24, 2.45) is 0 Å². The zero-order valence-electron chi connectivity index (χ0n) is 21.4. The fourth-order valence-electron chi connectivity index (χ4n) is 4.94. The van der Waals surface area contributed by atoms with Crippen LogP contribution in [-0.4, -0.2) is 43.2 Å². The molecule has 2 aromatic heterocycles. The van der Waals surface area contributed by atoms with E-state index in [2.05, 4.69) is 101 Å². The first kappa shape index (κ1) is 25.7. The number of hydrogen-bond acceptors (Lipinski definition) is 5. The van der Waals surface area contributed by atoms with Gasteiger partial charge >= 0.3 is 0 Å². The highest BCUT2D eigenvalue weighted by molar-refractivity contribution is 9.10. The summed E-state index contributed by atoms with van der Waals surface area (Å²) in [4.78, 5) is 8.51. The van der Waals surface area contributed by atoms with Crippen LogP contribution in [0.3, 0.4) is 0 Å². The summed E-state index contributed by atoms with van der Waals surface area (Å²) in [5.74, 6) is 1.54. The number of halogens is 1. The largest absolute Gasteiger partial charge is 0.492 e. The molecule has 0 spiro atoms. The Kier molecular flexibility index (Phi) is 8.08. The third-order valence-electron chi connectivity index (χ3n) is 6.89. The molecule has 37 heavy (non-hydrogen) atoms. The normalized spacial score (nSPS) is 12.4. The third kappa shape index (κ3) is 5.37. The van der Waals surface area contributed by atoms with Crippen LogP contribution in [0.1, 0.15) is 35.8 Å². The maximum Gasteiger partial charge on any atom is 0.217 e. The minimum Gasteiger partial charge on any atom is -0.492 e. The van der Waals surface area contributed by atoms with Crippen molar-refractivity contribution in [1.82, 2.24) is 9.88 Å². The molecule has 0 aliphatic heterocycles. The van der Waals surface area contributed by atoms with E-state index in [0.29, 0.717) is 12.5 Å². The summed E-state index contributed by atoms with van der Waals surface area (Å²) >= 11 is 5.37. The molecule has 5 rings (SSSR count). The molecule has 0 aliphatic carbocycles. The van der Waals surface area contributed by atoms with Crippen molar-refractivity contribution < 1.29 is 9.47 Å². The van der Waals surface area contributed by atoms with Gasteiger partial charge in [-0.15, -0.1) is 11.3 Å². The van der Waals surface area contributed by atoms with E-state index in [-0.39, 0.29) is 5.92 Å². The van der Waals surface area contributed by atoms with Crippen molar-refractivity contribution in [3.63, 3.8) is 0 Å². The number of nitrogens with zero attached hydrogens (tertiary/aromatic N) is 2. The molecule has 2 heterocycles. The summed E-state index contributed by atoms with van der Waals surface area (Å²) in [5, 5.41) is 5.51. The predicted octanol–water partition coefficient (Wildman–Crippen LogP) is 8.12. The number of likely N-dealkylation sites (N-methyl/N-ethyl adjacent to an activating group) is 1. The minimum absolute atomic E-state index is 0.0274. The van der Waals surface area contributed by atoms with E-state index in [1.54, 1.807) is 18.4 Å². The van der Waals surface area contributed by atoms with E-state index in [0.717, 1.165) is 51.7 Å². The maximum absolute atomic E-state index is 6.32. The number of rotatable bonds is 10. The van der Waals surface area contributed by atoms with Crippen molar-refractivity contribution in [1.29, 1.82) is 0 Å². The summed E-state index contributed by atoms with van der Waals surface area (Å²) in [6.07, 6.45) is 0. The average molecular weight is 576 g/mol. The van der Waals surface area contributed by atoms with Gasteiger partial charge in [0.25, 0.3) is 0 Å². The van der Waals surface area contributed by atoms with Crippen LogP contribution in [0.25, 0.3) is 21.7 Å². The van der Waals surface area contributed by atoms with Gasteiger partial charge in [-0.1, -0.05) is 66.2 Å². The molecule has 1 unspecified atom stereocenters. The van der Waals surface area contributed by atoms with Gasteiger partial charge in [-0.3, -0.25) is 0 Å². The van der Waals surface area contributed by atoms with Gasteiger partial charge in [-0.2, -0.15) is 0 Å². The zero-order chi connectivity index (χ0) is 25.8. The van der Waals surface area contributed by atoms with Gasteiger partial charge < -0.3 is 14.4 Å². The highest BCUT2D eigenvalue weighted by Crippen LogP contribution is 2.43. The van der Waals surface area contributed by atoms with E-state index in [1.165, 1.54) is 15.8 Å². The Morgan fingerprint density at radius 3 is 2.46 bits per heavy atom. The van der Waals surface area contributed by atoms with Gasteiger partial charge in [0.1, 0.15) is 12.4 Å². The molecule has 0 N–H and O–H groups in total. The SMILES string of the molecule is CCN(CC)CCOc1ccc(C(c2cccs2)c2cc3cc(Br)ccc3nc2OC)c2ccccc12. The fourth-order valence-corrected chi connectivity index (χ4v) is 6.18. The molecule has 1 atom stereocenters. The Labute approximate surface area is 231 Å². The van der Waals surface area contributed by atoms with Gasteiger partial charge in [0.2, 0.25) is 5.88 Å². The first-order valence-corrected chi connectivity index (χ1v) is 14.3. The molecule has 190 valence electrons. The van der Waals surface area contributed by atoms with Crippen LogP contribution < -0.4 is 9.47 Å². The van der Waals surface area contributed by atoms with E-state index in [4.69, 9.17) is 14.5 Å². The Hall–Kier alpha value is -2.93. The Morgan fingerprint density at radius 2 is 1.73 bits per heavy atom. The molecule has 5 aromatic rings. The number of aromatic nitrogens is 1. The Morgan fingerprint density at radius 1 is 0.919 bits per heavy atom. The molecule has 4 nitrogen and oxygen atoms in total. The van der Waals surface area contributed by atoms with Crippen LogP contribution >= 0.6 is 27.3 Å². The van der Waals surface area contributed by atoms with Gasteiger partial charge in [0, 0.05) is 38.1 Å². The summed E-state index contributed by atoms with van der Waals surface area (Å²) in [6, 6.07) is 25.5. The lowest BCUT2D eigenvalue weighted by atomic mass is 9.86. The molecular formula is C31H31BrN2O2S. The highest BCUT2D eigenvalue weighted by atomic mass is 79.9. The van der Waals surface area contributed by atoms with Crippen molar-refractivity contribution in [2.75, 3.05) is 33.4 Å². The summed E-state index contributed by atoms with van der Waals surface area (Å²) in [7, 11) is 1.70. The Bertz CT molecular complexity index is 1500. The van der Waals surface area contributed by atoms with E-state index >= 15 is 0 Å². The number of thiophene rings is 1. The van der Waals surface area contributed by atoms with Crippen LogP contribution in [0.15, 0.2) is 82.6 Å². The molecular weight excluding hydrogens is 544 g/mol. The molecule has 0 radical (unpaired) electrons. The quantitative estimate of drug-likeness (QED) is 0.169. The van der Waals surface area contributed by atoms with Gasteiger partial charge in [-0.25, -0.2) is 4.98 Å². The number of hydrogen-bond donors (Lipinski definition) is 0. The lowest BCUT2D eigenvalue weighted by molar-refractivity contribution is 0.224.